The van der Waals surface area contributed by atoms with Gasteiger partial charge in [-0.2, -0.15) is 4.98 Å². The molecule has 0 unspecified atom stereocenters. The number of halogens is 1. The van der Waals surface area contributed by atoms with Crippen molar-refractivity contribution in [2.24, 2.45) is 0 Å². The average molecular weight is 499 g/mol. The molecular formula is C26H35FN6O3. The molecule has 9 nitrogen and oxygen atoms in total. The molecule has 2 aliphatic carbocycles. The number of carbonyl (C=O) groups is 1. The third-order valence-corrected chi connectivity index (χ3v) is 7.32. The molecule has 2 amide bonds. The molecule has 10 heteroatoms. The van der Waals surface area contributed by atoms with E-state index in [-0.39, 0.29) is 30.1 Å². The lowest BCUT2D eigenvalue weighted by Gasteiger charge is -2.37. The Bertz CT molecular complexity index is 1120. The number of urea groups is 1. The van der Waals surface area contributed by atoms with E-state index in [1.54, 1.807) is 17.2 Å². The number of aromatic nitrogens is 2. The topological polar surface area (TPSA) is 83.1 Å². The molecule has 0 bridgehead atoms. The number of nitrogens with one attached hydrogen (secondary N) is 1. The van der Waals surface area contributed by atoms with Crippen molar-refractivity contribution >= 4 is 23.5 Å². The summed E-state index contributed by atoms with van der Waals surface area (Å²) >= 11 is 0. The fraction of sp³-hybridized carbons (Fsp3) is 0.577. The maximum absolute atomic E-state index is 15.3. The van der Waals surface area contributed by atoms with Gasteiger partial charge >= 0.3 is 6.03 Å². The van der Waals surface area contributed by atoms with Crippen LogP contribution >= 0.6 is 0 Å². The van der Waals surface area contributed by atoms with Crippen LogP contribution in [0.1, 0.15) is 51.0 Å². The zero-order valence-electron chi connectivity index (χ0n) is 21.5. The first kappa shape index (κ1) is 24.5. The molecule has 1 aromatic carbocycles. The van der Waals surface area contributed by atoms with Crippen LogP contribution in [-0.4, -0.2) is 66.8 Å². The summed E-state index contributed by atoms with van der Waals surface area (Å²) in [6.07, 6.45) is 7.92. The summed E-state index contributed by atoms with van der Waals surface area (Å²) in [5.41, 5.74) is 0.905. The Balaban J connectivity index is 1.42. The number of anilines is 3. The molecule has 3 aliphatic rings. The molecule has 0 spiro atoms. The number of hydrogen-bond donors (Lipinski definition) is 1. The molecule has 1 aromatic heterocycles. The Labute approximate surface area is 211 Å². The molecule has 1 N–H and O–H groups in total. The average Bonchev–Trinajstić information content (AvgIpc) is 3.70. The van der Waals surface area contributed by atoms with Gasteiger partial charge in [0.2, 0.25) is 5.95 Å². The van der Waals surface area contributed by atoms with E-state index in [1.807, 2.05) is 6.92 Å². The fourth-order valence-electron chi connectivity index (χ4n) is 5.17. The van der Waals surface area contributed by atoms with Crippen molar-refractivity contribution in [3.8, 4) is 11.5 Å². The lowest BCUT2D eigenvalue weighted by Crippen LogP contribution is -2.49. The molecule has 5 rings (SSSR count). The Morgan fingerprint density at radius 3 is 2.56 bits per heavy atom. The number of benzene rings is 1. The standard InChI is InChI=1S/C26H35FN6O3/c1-5-36-20-12-21(23(27)22(13-20)35-4)32-15-16-14-28-25(29-17-6-8-18(9-7-17)31(2)3)30-24(16)33(26(32)34)19-10-11-19/h12-14,17-19H,5-11,15H2,1-4H3,(H,28,29,30). The van der Waals surface area contributed by atoms with Gasteiger partial charge in [-0.25, -0.2) is 14.2 Å². The second-order valence-electron chi connectivity index (χ2n) is 10.0. The second kappa shape index (κ2) is 10.1. The van der Waals surface area contributed by atoms with Crippen molar-refractivity contribution in [3.63, 3.8) is 0 Å². The minimum absolute atomic E-state index is 0.0345. The Kier molecular flexibility index (Phi) is 6.87. The van der Waals surface area contributed by atoms with E-state index in [2.05, 4.69) is 29.3 Å². The highest BCUT2D eigenvalue weighted by atomic mass is 19.1. The second-order valence-corrected chi connectivity index (χ2v) is 10.0. The molecular weight excluding hydrogens is 463 g/mol. The number of carbonyl (C=O) groups excluding carboxylic acids is 1. The molecule has 0 radical (unpaired) electrons. The van der Waals surface area contributed by atoms with Gasteiger partial charge in [0.25, 0.3) is 0 Å². The number of fused-ring (bicyclic) bond motifs is 1. The molecule has 2 saturated carbocycles. The van der Waals surface area contributed by atoms with Gasteiger partial charge in [-0.05, 0) is 59.5 Å². The van der Waals surface area contributed by atoms with E-state index < -0.39 is 5.82 Å². The summed E-state index contributed by atoms with van der Waals surface area (Å²) in [5, 5.41) is 3.49. The molecule has 0 atom stereocenters. The first-order valence-electron chi connectivity index (χ1n) is 12.8. The van der Waals surface area contributed by atoms with Crippen LogP contribution in [-0.2, 0) is 6.54 Å². The predicted octanol–water partition coefficient (Wildman–Crippen LogP) is 4.42. The van der Waals surface area contributed by atoms with Crippen molar-refractivity contribution in [1.82, 2.24) is 14.9 Å². The van der Waals surface area contributed by atoms with Gasteiger partial charge in [0.1, 0.15) is 11.6 Å². The third-order valence-electron chi connectivity index (χ3n) is 7.32. The molecule has 2 fully saturated rings. The normalized spacial score (nSPS) is 22.0. The number of amides is 2. The number of rotatable bonds is 8. The van der Waals surface area contributed by atoms with Crippen LogP contribution in [0.5, 0.6) is 11.5 Å². The largest absolute Gasteiger partial charge is 0.494 e. The van der Waals surface area contributed by atoms with Gasteiger partial charge in [-0.15, -0.1) is 0 Å². The first-order chi connectivity index (χ1) is 17.4. The highest BCUT2D eigenvalue weighted by Gasteiger charge is 2.43. The van der Waals surface area contributed by atoms with Crippen molar-refractivity contribution in [3.05, 3.63) is 29.7 Å². The Hall–Kier alpha value is -3.14. The molecule has 2 heterocycles. The van der Waals surface area contributed by atoms with E-state index in [9.17, 15) is 4.79 Å². The fourth-order valence-corrected chi connectivity index (χ4v) is 5.17. The van der Waals surface area contributed by atoms with E-state index in [0.29, 0.717) is 36.2 Å². The van der Waals surface area contributed by atoms with Crippen molar-refractivity contribution < 1.29 is 18.7 Å². The molecule has 0 saturated heterocycles. The quantitative estimate of drug-likeness (QED) is 0.577. The number of ether oxygens (including phenoxy) is 2. The van der Waals surface area contributed by atoms with Crippen LogP contribution in [0.2, 0.25) is 0 Å². The maximum atomic E-state index is 15.3. The van der Waals surface area contributed by atoms with Gasteiger partial charge in [0.05, 0.1) is 25.9 Å². The van der Waals surface area contributed by atoms with E-state index in [0.717, 1.165) is 44.1 Å². The molecule has 2 aromatic rings. The minimum atomic E-state index is -0.596. The van der Waals surface area contributed by atoms with Crippen LogP contribution in [0.15, 0.2) is 18.3 Å². The van der Waals surface area contributed by atoms with Crippen LogP contribution in [0, 0.1) is 5.82 Å². The summed E-state index contributed by atoms with van der Waals surface area (Å²) in [5.74, 6) is 1.04. The number of nitrogens with zero attached hydrogens (tertiary/aromatic N) is 5. The van der Waals surface area contributed by atoms with E-state index >= 15 is 4.39 Å². The van der Waals surface area contributed by atoms with Gasteiger partial charge in [-0.1, -0.05) is 0 Å². The summed E-state index contributed by atoms with van der Waals surface area (Å²) in [6, 6.07) is 3.73. The van der Waals surface area contributed by atoms with Gasteiger partial charge in [-0.3, -0.25) is 9.80 Å². The van der Waals surface area contributed by atoms with Crippen LogP contribution in [0.3, 0.4) is 0 Å². The molecule has 1 aliphatic heterocycles. The van der Waals surface area contributed by atoms with Crippen LogP contribution in [0.25, 0.3) is 0 Å². The zero-order valence-corrected chi connectivity index (χ0v) is 21.5. The maximum Gasteiger partial charge on any atom is 0.330 e. The van der Waals surface area contributed by atoms with Gasteiger partial charge in [0, 0.05) is 42.0 Å². The SMILES string of the molecule is CCOc1cc(OC)c(F)c(N2Cc3cnc(NC4CCC(N(C)C)CC4)nc3N(C3CC3)C2=O)c1. The lowest BCUT2D eigenvalue weighted by molar-refractivity contribution is 0.221. The van der Waals surface area contributed by atoms with Crippen LogP contribution < -0.4 is 24.6 Å². The van der Waals surface area contributed by atoms with Gasteiger partial charge in [0.15, 0.2) is 11.6 Å². The Morgan fingerprint density at radius 1 is 1.17 bits per heavy atom. The summed E-state index contributed by atoms with van der Waals surface area (Å²) in [4.78, 5) is 28.5. The minimum Gasteiger partial charge on any atom is -0.494 e. The monoisotopic (exact) mass is 498 g/mol. The Morgan fingerprint density at radius 2 is 1.92 bits per heavy atom. The smallest absolute Gasteiger partial charge is 0.330 e. The van der Waals surface area contributed by atoms with E-state index in [1.165, 1.54) is 18.1 Å². The molecule has 36 heavy (non-hydrogen) atoms. The number of hydrogen-bond acceptors (Lipinski definition) is 7. The van der Waals surface area contributed by atoms with Crippen molar-refractivity contribution in [2.45, 2.75) is 70.1 Å². The first-order valence-corrected chi connectivity index (χ1v) is 12.8. The van der Waals surface area contributed by atoms with Crippen LogP contribution in [0.4, 0.5) is 26.6 Å². The highest BCUT2D eigenvalue weighted by Crippen LogP contribution is 2.41. The highest BCUT2D eigenvalue weighted by molar-refractivity contribution is 6.06. The zero-order chi connectivity index (χ0) is 25.4. The summed E-state index contributed by atoms with van der Waals surface area (Å²) in [7, 11) is 5.66. The van der Waals surface area contributed by atoms with E-state index in [4.69, 9.17) is 14.5 Å². The van der Waals surface area contributed by atoms with Crippen molar-refractivity contribution in [2.75, 3.05) is 42.9 Å². The summed E-state index contributed by atoms with van der Waals surface area (Å²) < 4.78 is 26.2. The lowest BCUT2D eigenvalue weighted by atomic mass is 9.91. The van der Waals surface area contributed by atoms with Gasteiger partial charge < -0.3 is 19.7 Å². The number of methoxy groups -OCH3 is 1. The van der Waals surface area contributed by atoms with Crippen molar-refractivity contribution in [1.29, 1.82) is 0 Å². The summed E-state index contributed by atoms with van der Waals surface area (Å²) in [6.45, 7) is 2.43. The molecule has 194 valence electrons. The third kappa shape index (κ3) is 4.78. The predicted molar refractivity (Wildman–Crippen MR) is 137 cm³/mol.